The van der Waals surface area contributed by atoms with Gasteiger partial charge in [-0.1, -0.05) is 19.3 Å². The van der Waals surface area contributed by atoms with Crippen molar-refractivity contribution in [2.24, 2.45) is 0 Å². The summed E-state index contributed by atoms with van der Waals surface area (Å²) < 4.78 is 0. The second kappa shape index (κ2) is 4.33. The number of nitrogens with one attached hydrogen (secondary N) is 2. The van der Waals surface area contributed by atoms with E-state index in [9.17, 15) is 4.79 Å². The van der Waals surface area contributed by atoms with Crippen LogP contribution in [0.4, 0.5) is 11.6 Å². The van der Waals surface area contributed by atoms with Crippen LogP contribution in [0, 0.1) is 0 Å². The molecule has 1 heterocycles. The maximum Gasteiger partial charge on any atom is 0.275 e. The van der Waals surface area contributed by atoms with E-state index in [-0.39, 0.29) is 11.2 Å². The van der Waals surface area contributed by atoms with Crippen molar-refractivity contribution in [1.82, 2.24) is 9.97 Å². The van der Waals surface area contributed by atoms with Crippen molar-refractivity contribution in [2.45, 2.75) is 38.1 Å². The maximum absolute atomic E-state index is 11.2. The van der Waals surface area contributed by atoms with Crippen molar-refractivity contribution in [3.8, 4) is 0 Å². The molecule has 1 aromatic heterocycles. The van der Waals surface area contributed by atoms with Crippen molar-refractivity contribution in [3.63, 3.8) is 0 Å². The number of H-pyrrole nitrogens is 1. The molecule has 15 heavy (non-hydrogen) atoms. The van der Waals surface area contributed by atoms with Gasteiger partial charge in [0.2, 0.25) is 5.95 Å². The molecule has 0 unspecified atom stereocenters. The number of nitrogens with two attached hydrogens (primary N) is 1. The van der Waals surface area contributed by atoms with Gasteiger partial charge in [0, 0.05) is 6.04 Å². The summed E-state index contributed by atoms with van der Waals surface area (Å²) in [4.78, 5) is 17.9. The standard InChI is InChI=1S/C10H16N4O/c11-8-6-12-10(14-9(8)15)13-7-4-2-1-3-5-7/h6-7H,1-5,11H2,(H2,12,13,14,15). The Kier molecular flexibility index (Phi) is 2.89. The van der Waals surface area contributed by atoms with Gasteiger partial charge in [-0.15, -0.1) is 0 Å². The average molecular weight is 208 g/mol. The van der Waals surface area contributed by atoms with Gasteiger partial charge in [-0.25, -0.2) is 4.98 Å². The fourth-order valence-corrected chi connectivity index (χ4v) is 1.92. The van der Waals surface area contributed by atoms with Crippen LogP contribution < -0.4 is 16.6 Å². The summed E-state index contributed by atoms with van der Waals surface area (Å²) in [6.45, 7) is 0. The first-order valence-electron chi connectivity index (χ1n) is 5.37. The summed E-state index contributed by atoms with van der Waals surface area (Å²) >= 11 is 0. The van der Waals surface area contributed by atoms with E-state index in [1.54, 1.807) is 0 Å². The monoisotopic (exact) mass is 208 g/mol. The van der Waals surface area contributed by atoms with E-state index in [0.29, 0.717) is 12.0 Å². The third-order valence-electron chi connectivity index (χ3n) is 2.77. The van der Waals surface area contributed by atoms with Crippen LogP contribution in [0.5, 0.6) is 0 Å². The molecule has 1 fully saturated rings. The molecular formula is C10H16N4O. The molecule has 0 atom stereocenters. The summed E-state index contributed by atoms with van der Waals surface area (Å²) in [6.07, 6.45) is 7.49. The molecule has 0 spiro atoms. The molecule has 5 nitrogen and oxygen atoms in total. The zero-order valence-corrected chi connectivity index (χ0v) is 8.62. The van der Waals surface area contributed by atoms with Gasteiger partial charge in [-0.3, -0.25) is 9.78 Å². The highest BCUT2D eigenvalue weighted by molar-refractivity contribution is 5.36. The molecule has 0 aromatic carbocycles. The highest BCUT2D eigenvalue weighted by Crippen LogP contribution is 2.19. The molecule has 0 bridgehead atoms. The summed E-state index contributed by atoms with van der Waals surface area (Å²) in [6, 6.07) is 0.436. The van der Waals surface area contributed by atoms with E-state index in [1.165, 1.54) is 25.5 Å². The van der Waals surface area contributed by atoms with Crippen molar-refractivity contribution < 1.29 is 0 Å². The van der Waals surface area contributed by atoms with Crippen molar-refractivity contribution in [3.05, 3.63) is 16.6 Å². The molecular weight excluding hydrogens is 192 g/mol. The van der Waals surface area contributed by atoms with Gasteiger partial charge in [0.15, 0.2) is 0 Å². The second-order valence-electron chi connectivity index (χ2n) is 4.00. The number of hydrogen-bond acceptors (Lipinski definition) is 4. The predicted molar refractivity (Wildman–Crippen MR) is 59.8 cm³/mol. The lowest BCUT2D eigenvalue weighted by molar-refractivity contribution is 0.461. The SMILES string of the molecule is Nc1cnc(NC2CCCCC2)[nH]c1=O. The minimum Gasteiger partial charge on any atom is -0.393 e. The van der Waals surface area contributed by atoms with Crippen LogP contribution >= 0.6 is 0 Å². The number of nitrogens with zero attached hydrogens (tertiary/aromatic N) is 1. The Morgan fingerprint density at radius 3 is 2.80 bits per heavy atom. The van der Waals surface area contributed by atoms with Gasteiger partial charge in [0.05, 0.1) is 6.20 Å². The van der Waals surface area contributed by atoms with Crippen LogP contribution in [0.15, 0.2) is 11.0 Å². The highest BCUT2D eigenvalue weighted by atomic mass is 16.1. The van der Waals surface area contributed by atoms with Crippen LogP contribution in [0.3, 0.4) is 0 Å². The summed E-state index contributed by atoms with van der Waals surface area (Å²) in [5, 5.41) is 3.23. The molecule has 1 aromatic rings. The number of rotatable bonds is 2. The molecule has 0 radical (unpaired) electrons. The number of aromatic amines is 1. The second-order valence-corrected chi connectivity index (χ2v) is 4.00. The number of hydrogen-bond donors (Lipinski definition) is 3. The van der Waals surface area contributed by atoms with Gasteiger partial charge in [-0.05, 0) is 12.8 Å². The van der Waals surface area contributed by atoms with E-state index < -0.39 is 0 Å². The lowest BCUT2D eigenvalue weighted by Gasteiger charge is -2.22. The van der Waals surface area contributed by atoms with Crippen LogP contribution in [-0.2, 0) is 0 Å². The number of anilines is 2. The number of aromatic nitrogens is 2. The molecule has 1 aliphatic carbocycles. The molecule has 0 saturated heterocycles. The Hall–Kier alpha value is -1.52. The van der Waals surface area contributed by atoms with Crippen LogP contribution in [0.2, 0.25) is 0 Å². The predicted octanol–water partition coefficient (Wildman–Crippen LogP) is 1.10. The Balaban J connectivity index is 2.03. The third kappa shape index (κ3) is 2.49. The van der Waals surface area contributed by atoms with Gasteiger partial charge in [0.25, 0.3) is 5.56 Å². The minimum atomic E-state index is -0.275. The van der Waals surface area contributed by atoms with E-state index in [2.05, 4.69) is 15.3 Å². The summed E-state index contributed by atoms with van der Waals surface area (Å²) in [7, 11) is 0. The summed E-state index contributed by atoms with van der Waals surface area (Å²) in [5.74, 6) is 0.529. The molecule has 1 aliphatic rings. The van der Waals surface area contributed by atoms with Gasteiger partial charge < -0.3 is 11.1 Å². The average Bonchev–Trinajstić information content (AvgIpc) is 2.25. The van der Waals surface area contributed by atoms with Gasteiger partial charge in [0.1, 0.15) is 5.69 Å². The van der Waals surface area contributed by atoms with E-state index in [4.69, 9.17) is 5.73 Å². The molecule has 1 saturated carbocycles. The Bertz CT molecular complexity index is 381. The normalized spacial score (nSPS) is 17.6. The third-order valence-corrected chi connectivity index (χ3v) is 2.77. The van der Waals surface area contributed by atoms with Gasteiger partial charge in [-0.2, -0.15) is 0 Å². The topological polar surface area (TPSA) is 83.8 Å². The lowest BCUT2D eigenvalue weighted by atomic mass is 9.96. The molecule has 4 N–H and O–H groups in total. The molecule has 5 heteroatoms. The molecule has 82 valence electrons. The zero-order chi connectivity index (χ0) is 10.7. The Morgan fingerprint density at radius 2 is 2.13 bits per heavy atom. The van der Waals surface area contributed by atoms with Crippen LogP contribution in [0.1, 0.15) is 32.1 Å². The largest absolute Gasteiger partial charge is 0.393 e. The first-order chi connectivity index (χ1) is 7.25. The minimum absolute atomic E-state index is 0.157. The lowest BCUT2D eigenvalue weighted by Crippen LogP contribution is -2.25. The van der Waals surface area contributed by atoms with E-state index in [0.717, 1.165) is 12.8 Å². The Labute approximate surface area is 88.1 Å². The van der Waals surface area contributed by atoms with Crippen molar-refractivity contribution in [2.75, 3.05) is 11.1 Å². The smallest absolute Gasteiger partial charge is 0.275 e. The molecule has 2 rings (SSSR count). The molecule has 0 amide bonds. The van der Waals surface area contributed by atoms with Gasteiger partial charge >= 0.3 is 0 Å². The Morgan fingerprint density at radius 1 is 1.40 bits per heavy atom. The van der Waals surface area contributed by atoms with Crippen LogP contribution in [-0.4, -0.2) is 16.0 Å². The van der Waals surface area contributed by atoms with E-state index in [1.807, 2.05) is 0 Å². The van der Waals surface area contributed by atoms with Crippen molar-refractivity contribution in [1.29, 1.82) is 0 Å². The zero-order valence-electron chi connectivity index (χ0n) is 8.62. The molecule has 0 aliphatic heterocycles. The first kappa shape index (κ1) is 10.0. The fraction of sp³-hybridized carbons (Fsp3) is 0.600. The van der Waals surface area contributed by atoms with Crippen LogP contribution in [0.25, 0.3) is 0 Å². The highest BCUT2D eigenvalue weighted by Gasteiger charge is 2.13. The van der Waals surface area contributed by atoms with Crippen molar-refractivity contribution >= 4 is 11.6 Å². The summed E-state index contributed by atoms with van der Waals surface area (Å²) in [5.41, 5.74) is 5.27. The van der Waals surface area contributed by atoms with E-state index >= 15 is 0 Å². The fourth-order valence-electron chi connectivity index (χ4n) is 1.92. The first-order valence-corrected chi connectivity index (χ1v) is 5.37. The maximum atomic E-state index is 11.2. The quantitative estimate of drug-likeness (QED) is 0.679. The number of nitrogen functional groups attached to an aromatic ring is 1.